The van der Waals surface area contributed by atoms with E-state index >= 15 is 0 Å². The van der Waals surface area contributed by atoms with Gasteiger partial charge in [0.05, 0.1) is 19.8 Å². The van der Waals surface area contributed by atoms with Crippen LogP contribution >= 0.6 is 0 Å². The minimum absolute atomic E-state index is 0.762. The molecule has 0 aromatic heterocycles. The number of aliphatic hydroxyl groups excluding tert-OH is 11. The number of hydrogen-bond acceptors (Lipinski definition) is 16. The van der Waals surface area contributed by atoms with Crippen LogP contribution in [-0.4, -0.2) is 168 Å². The van der Waals surface area contributed by atoms with E-state index in [9.17, 15) is 56.2 Å². The van der Waals surface area contributed by atoms with Gasteiger partial charge in [-0.1, -0.05) is 0 Å². The molecule has 3 heterocycles. The first-order valence-corrected chi connectivity index (χ1v) is 10.6. The molecule has 1 unspecified atom stereocenters. The van der Waals surface area contributed by atoms with Crippen molar-refractivity contribution in [3.05, 3.63) is 0 Å². The fourth-order valence-electron chi connectivity index (χ4n) is 4.04. The molecule has 0 saturated carbocycles. The largest absolute Gasteiger partial charge is 0.394 e. The zero-order valence-electron chi connectivity index (χ0n) is 17.7. The Labute approximate surface area is 192 Å². The Morgan fingerprint density at radius 3 is 1.26 bits per heavy atom. The van der Waals surface area contributed by atoms with Crippen LogP contribution in [-0.2, 0) is 23.7 Å². The van der Waals surface area contributed by atoms with E-state index in [4.69, 9.17) is 23.7 Å². The van der Waals surface area contributed by atoms with Crippen molar-refractivity contribution in [3.8, 4) is 0 Å². The molecule has 15 atom stereocenters. The smallest absolute Gasteiger partial charge is 0.187 e. The number of rotatable bonds is 7. The first-order valence-electron chi connectivity index (χ1n) is 10.6. The van der Waals surface area contributed by atoms with Gasteiger partial charge in [-0.15, -0.1) is 0 Å². The Morgan fingerprint density at radius 2 is 0.853 bits per heavy atom. The fraction of sp³-hybridized carbons (Fsp3) is 1.00. The van der Waals surface area contributed by atoms with E-state index in [2.05, 4.69) is 0 Å². The van der Waals surface area contributed by atoms with Gasteiger partial charge in [-0.3, -0.25) is 0 Å². The van der Waals surface area contributed by atoms with Crippen LogP contribution in [0.2, 0.25) is 0 Å². The fourth-order valence-corrected chi connectivity index (χ4v) is 4.04. The molecule has 11 N–H and O–H groups in total. The molecular formula is C18H32O16. The van der Waals surface area contributed by atoms with E-state index in [1.807, 2.05) is 0 Å². The molecule has 0 amide bonds. The molecule has 16 nitrogen and oxygen atoms in total. The molecule has 0 radical (unpaired) electrons. The van der Waals surface area contributed by atoms with Crippen molar-refractivity contribution in [2.75, 3.05) is 19.8 Å². The summed E-state index contributed by atoms with van der Waals surface area (Å²) in [6.45, 7) is -2.35. The lowest BCUT2D eigenvalue weighted by atomic mass is 9.96. The van der Waals surface area contributed by atoms with Gasteiger partial charge in [0, 0.05) is 0 Å². The Hall–Kier alpha value is -0.640. The summed E-state index contributed by atoms with van der Waals surface area (Å²) in [7, 11) is 0. The quantitative estimate of drug-likeness (QED) is 0.154. The Bertz CT molecular complexity index is 599. The zero-order valence-corrected chi connectivity index (χ0v) is 17.7. The zero-order chi connectivity index (χ0) is 25.3. The number of hydrogen-bond donors (Lipinski definition) is 11. The highest BCUT2D eigenvalue weighted by Crippen LogP contribution is 2.32. The molecule has 16 heteroatoms. The van der Waals surface area contributed by atoms with Crippen LogP contribution in [0.5, 0.6) is 0 Å². The lowest BCUT2D eigenvalue weighted by Crippen LogP contribution is -2.67. The lowest BCUT2D eigenvalue weighted by Gasteiger charge is -2.48. The van der Waals surface area contributed by atoms with E-state index in [1.54, 1.807) is 0 Å². The molecule has 0 aromatic rings. The summed E-state index contributed by atoms with van der Waals surface area (Å²) in [5.74, 6) is 0. The van der Waals surface area contributed by atoms with Gasteiger partial charge < -0.3 is 79.9 Å². The predicted molar refractivity (Wildman–Crippen MR) is 101 cm³/mol. The highest BCUT2D eigenvalue weighted by Gasteiger charge is 2.53. The molecule has 3 aliphatic heterocycles. The average molecular weight is 504 g/mol. The van der Waals surface area contributed by atoms with Crippen LogP contribution in [0.4, 0.5) is 0 Å². The molecule has 34 heavy (non-hydrogen) atoms. The molecular weight excluding hydrogens is 472 g/mol. The molecule has 3 aliphatic rings. The number of ether oxygens (including phenoxy) is 5. The summed E-state index contributed by atoms with van der Waals surface area (Å²) in [4.78, 5) is 0. The van der Waals surface area contributed by atoms with Gasteiger partial charge in [-0.2, -0.15) is 0 Å². The van der Waals surface area contributed by atoms with E-state index in [1.165, 1.54) is 0 Å². The molecule has 200 valence electrons. The topological polar surface area (TPSA) is 269 Å². The monoisotopic (exact) mass is 504 g/mol. The van der Waals surface area contributed by atoms with Gasteiger partial charge in [-0.05, 0) is 0 Å². The maximum Gasteiger partial charge on any atom is 0.187 e. The second kappa shape index (κ2) is 11.6. The third kappa shape index (κ3) is 5.37. The lowest BCUT2D eigenvalue weighted by molar-refractivity contribution is -0.383. The highest BCUT2D eigenvalue weighted by atomic mass is 16.8. The second-order valence-corrected chi connectivity index (χ2v) is 8.33. The maximum atomic E-state index is 10.5. The van der Waals surface area contributed by atoms with Gasteiger partial charge in [0.2, 0.25) is 0 Å². The van der Waals surface area contributed by atoms with Crippen molar-refractivity contribution in [2.24, 2.45) is 0 Å². The van der Waals surface area contributed by atoms with Crippen molar-refractivity contribution in [3.63, 3.8) is 0 Å². The van der Waals surface area contributed by atoms with E-state index in [-0.39, 0.29) is 0 Å². The van der Waals surface area contributed by atoms with Gasteiger partial charge in [0.25, 0.3) is 0 Å². The van der Waals surface area contributed by atoms with Crippen molar-refractivity contribution >= 4 is 0 Å². The predicted octanol–water partition coefficient (Wildman–Crippen LogP) is -7.57. The molecule has 0 bridgehead atoms. The SMILES string of the molecule is OC[C@H]1O[C@@H](O[C@H]2[C@H](O[C@@H]3O[C@H](CO)[C@@H](O)[C@H](O)[C@H]3O)[C@@H](CO)OC(O)[C@@H]2O)[C@H](O)[C@@H](O)[C@H]1O. The van der Waals surface area contributed by atoms with E-state index < -0.39 is 112 Å². The Morgan fingerprint density at radius 1 is 0.441 bits per heavy atom. The van der Waals surface area contributed by atoms with E-state index in [0.29, 0.717) is 0 Å². The van der Waals surface area contributed by atoms with Crippen LogP contribution < -0.4 is 0 Å². The minimum atomic E-state index is -1.93. The van der Waals surface area contributed by atoms with Crippen molar-refractivity contribution in [2.45, 2.75) is 92.1 Å². The Kier molecular flexibility index (Phi) is 9.54. The first-order chi connectivity index (χ1) is 16.0. The second-order valence-electron chi connectivity index (χ2n) is 8.33. The van der Waals surface area contributed by atoms with Crippen LogP contribution in [0, 0.1) is 0 Å². The van der Waals surface area contributed by atoms with Gasteiger partial charge in [-0.25, -0.2) is 0 Å². The van der Waals surface area contributed by atoms with Crippen LogP contribution in [0.1, 0.15) is 0 Å². The number of aliphatic hydroxyl groups is 11. The third-order valence-electron chi connectivity index (χ3n) is 6.09. The summed E-state index contributed by atoms with van der Waals surface area (Å²) in [6, 6.07) is 0. The van der Waals surface area contributed by atoms with Gasteiger partial charge >= 0.3 is 0 Å². The summed E-state index contributed by atoms with van der Waals surface area (Å²) >= 11 is 0. The first kappa shape index (κ1) is 27.9. The van der Waals surface area contributed by atoms with Gasteiger partial charge in [0.1, 0.15) is 73.2 Å². The molecule has 3 fully saturated rings. The molecule has 3 rings (SSSR count). The highest BCUT2D eigenvalue weighted by molar-refractivity contribution is 4.96. The summed E-state index contributed by atoms with van der Waals surface area (Å²) in [5.41, 5.74) is 0. The van der Waals surface area contributed by atoms with E-state index in [0.717, 1.165) is 0 Å². The summed E-state index contributed by atoms with van der Waals surface area (Å²) < 4.78 is 26.7. The van der Waals surface area contributed by atoms with Crippen molar-refractivity contribution in [1.82, 2.24) is 0 Å². The average Bonchev–Trinajstić information content (AvgIpc) is 2.83. The summed E-state index contributed by atoms with van der Waals surface area (Å²) in [5, 5.41) is 109. The maximum absolute atomic E-state index is 10.5. The minimum Gasteiger partial charge on any atom is -0.394 e. The third-order valence-corrected chi connectivity index (χ3v) is 6.09. The molecule has 0 aromatic carbocycles. The Balaban J connectivity index is 1.84. The normalized spacial score (nSPS) is 52.5. The van der Waals surface area contributed by atoms with Crippen LogP contribution in [0.15, 0.2) is 0 Å². The van der Waals surface area contributed by atoms with Gasteiger partial charge in [0.15, 0.2) is 18.9 Å². The molecule has 3 saturated heterocycles. The van der Waals surface area contributed by atoms with Crippen molar-refractivity contribution in [1.29, 1.82) is 0 Å². The summed E-state index contributed by atoms with van der Waals surface area (Å²) in [6.07, 6.45) is -25.6. The molecule has 0 aliphatic carbocycles. The molecule has 0 spiro atoms. The van der Waals surface area contributed by atoms with Crippen LogP contribution in [0.25, 0.3) is 0 Å². The standard InChI is InChI=1S/C18H32O16/c19-1-4-7(22)9(24)11(26)17(31-4)33-14-6(3-21)30-16(29)13(28)15(14)34-18-12(27)10(25)8(23)5(2-20)32-18/h4-29H,1-3H2/t4-,5-,6-,7-,8+,9+,10+,11-,12-,13-,14-,15-,16?,17+,18+/m1/s1. The van der Waals surface area contributed by atoms with Crippen molar-refractivity contribution < 1.29 is 79.9 Å². The van der Waals surface area contributed by atoms with Crippen LogP contribution in [0.3, 0.4) is 0 Å².